The minimum atomic E-state index is -0.682. The summed E-state index contributed by atoms with van der Waals surface area (Å²) in [6.45, 7) is 10.9. The highest BCUT2D eigenvalue weighted by molar-refractivity contribution is 5.08. The van der Waals surface area contributed by atoms with Crippen LogP contribution in [0.25, 0.3) is 0 Å². The number of hydrogen-bond acceptors (Lipinski definition) is 1. The van der Waals surface area contributed by atoms with Crippen LogP contribution >= 0.6 is 0 Å². The lowest BCUT2D eigenvalue weighted by molar-refractivity contribution is 0.102. The summed E-state index contributed by atoms with van der Waals surface area (Å²) in [6, 6.07) is 0. The van der Waals surface area contributed by atoms with Crippen LogP contribution in [0, 0.1) is 11.8 Å². The van der Waals surface area contributed by atoms with Crippen molar-refractivity contribution >= 4 is 0 Å². The van der Waals surface area contributed by atoms with E-state index in [1.807, 2.05) is 13.0 Å². The molecule has 1 aliphatic carbocycles. The SMILES string of the molecule is C/C1=C\CC[C@@](C)(O)/C=C/[C@@H](C(C)C)CC/C(C)=C/CC1. The van der Waals surface area contributed by atoms with Crippen LogP contribution < -0.4 is 0 Å². The van der Waals surface area contributed by atoms with Gasteiger partial charge in [0.2, 0.25) is 0 Å². The molecule has 21 heavy (non-hydrogen) atoms. The zero-order chi connectivity index (χ0) is 15.9. The molecule has 1 rings (SSSR count). The number of aliphatic hydroxyl groups is 1. The normalized spacial score (nSPS) is 36.2. The molecule has 1 aliphatic rings. The summed E-state index contributed by atoms with van der Waals surface area (Å²) in [5.74, 6) is 1.18. The molecule has 2 atom stereocenters. The minimum absolute atomic E-state index is 0.556. The fourth-order valence-corrected chi connectivity index (χ4v) is 2.82. The highest BCUT2D eigenvalue weighted by Crippen LogP contribution is 2.25. The van der Waals surface area contributed by atoms with Crippen LogP contribution in [0.4, 0.5) is 0 Å². The van der Waals surface area contributed by atoms with Gasteiger partial charge >= 0.3 is 0 Å². The van der Waals surface area contributed by atoms with E-state index in [1.165, 1.54) is 17.6 Å². The molecule has 0 aromatic rings. The first kappa shape index (κ1) is 18.2. The van der Waals surface area contributed by atoms with E-state index in [-0.39, 0.29) is 0 Å². The highest BCUT2D eigenvalue weighted by Gasteiger charge is 2.17. The molecule has 0 saturated heterocycles. The predicted octanol–water partition coefficient (Wildman–Crippen LogP) is 5.81. The Kier molecular flexibility index (Phi) is 7.45. The molecular formula is C20H34O. The van der Waals surface area contributed by atoms with Crippen LogP contribution in [0.2, 0.25) is 0 Å². The summed E-state index contributed by atoms with van der Waals surface area (Å²) in [5, 5.41) is 10.5. The standard InChI is InChI=1S/C20H34O/c1-16(2)19-12-11-18(4)9-6-8-17(3)10-7-14-20(5,21)15-13-19/h9-10,13,15-16,19,21H,6-8,11-12,14H2,1-5H3/b15-13+,17-10+,18-9+/t19-,20+/m0/s1. The zero-order valence-electron chi connectivity index (χ0n) is 14.7. The quantitative estimate of drug-likeness (QED) is 0.604. The van der Waals surface area contributed by atoms with Gasteiger partial charge < -0.3 is 5.11 Å². The third-order valence-electron chi connectivity index (χ3n) is 4.61. The maximum Gasteiger partial charge on any atom is 0.0802 e. The molecule has 1 N–H and O–H groups in total. The number of rotatable bonds is 1. The lowest BCUT2D eigenvalue weighted by atomic mass is 9.87. The van der Waals surface area contributed by atoms with Crippen molar-refractivity contribution in [3.05, 3.63) is 35.5 Å². The molecule has 0 aromatic carbocycles. The Morgan fingerprint density at radius 2 is 1.71 bits per heavy atom. The van der Waals surface area contributed by atoms with E-state index in [0.717, 1.165) is 32.1 Å². The molecule has 1 heteroatoms. The topological polar surface area (TPSA) is 20.2 Å². The smallest absolute Gasteiger partial charge is 0.0802 e. The van der Waals surface area contributed by atoms with Crippen molar-refractivity contribution in [3.63, 3.8) is 0 Å². The van der Waals surface area contributed by atoms with Crippen LogP contribution in [0.15, 0.2) is 35.5 Å². The van der Waals surface area contributed by atoms with E-state index in [0.29, 0.717) is 11.8 Å². The minimum Gasteiger partial charge on any atom is -0.386 e. The lowest BCUT2D eigenvalue weighted by Gasteiger charge is -2.22. The van der Waals surface area contributed by atoms with Gasteiger partial charge in [0.15, 0.2) is 0 Å². The molecule has 120 valence electrons. The average Bonchev–Trinajstić information content (AvgIpc) is 2.37. The first-order chi connectivity index (χ1) is 9.80. The molecule has 0 unspecified atom stereocenters. The highest BCUT2D eigenvalue weighted by atomic mass is 16.3. The van der Waals surface area contributed by atoms with Crippen molar-refractivity contribution in [3.8, 4) is 0 Å². The van der Waals surface area contributed by atoms with Crippen molar-refractivity contribution in [2.45, 2.75) is 78.7 Å². The first-order valence-corrected chi connectivity index (χ1v) is 8.53. The van der Waals surface area contributed by atoms with E-state index in [4.69, 9.17) is 0 Å². The first-order valence-electron chi connectivity index (χ1n) is 8.53. The van der Waals surface area contributed by atoms with Gasteiger partial charge in [0.05, 0.1) is 5.60 Å². The van der Waals surface area contributed by atoms with Gasteiger partial charge in [-0.25, -0.2) is 0 Å². The lowest BCUT2D eigenvalue weighted by Crippen LogP contribution is -2.21. The Labute approximate surface area is 131 Å². The van der Waals surface area contributed by atoms with Crippen LogP contribution in [0.5, 0.6) is 0 Å². The molecule has 0 fully saturated rings. The fourth-order valence-electron chi connectivity index (χ4n) is 2.82. The zero-order valence-corrected chi connectivity index (χ0v) is 14.7. The van der Waals surface area contributed by atoms with E-state index < -0.39 is 5.60 Å². The Hall–Kier alpha value is -0.820. The molecule has 0 aromatic heterocycles. The van der Waals surface area contributed by atoms with E-state index in [9.17, 15) is 5.11 Å². The van der Waals surface area contributed by atoms with E-state index >= 15 is 0 Å². The molecule has 0 aliphatic heterocycles. The molecule has 0 heterocycles. The fraction of sp³-hybridized carbons (Fsp3) is 0.700. The van der Waals surface area contributed by atoms with Gasteiger partial charge in [0.1, 0.15) is 0 Å². The number of allylic oxidation sites excluding steroid dienone is 5. The summed E-state index contributed by atoms with van der Waals surface area (Å²) < 4.78 is 0. The van der Waals surface area contributed by atoms with Gasteiger partial charge in [-0.15, -0.1) is 0 Å². The monoisotopic (exact) mass is 290 g/mol. The molecule has 0 bridgehead atoms. The van der Waals surface area contributed by atoms with Gasteiger partial charge in [0, 0.05) is 0 Å². The third kappa shape index (κ3) is 7.66. The average molecular weight is 290 g/mol. The summed E-state index contributed by atoms with van der Waals surface area (Å²) in [6.07, 6.45) is 15.4. The second-order valence-electron chi connectivity index (χ2n) is 7.34. The second-order valence-corrected chi connectivity index (χ2v) is 7.34. The van der Waals surface area contributed by atoms with E-state index in [2.05, 4.69) is 45.9 Å². The maximum atomic E-state index is 10.5. The van der Waals surface area contributed by atoms with Crippen molar-refractivity contribution in [2.24, 2.45) is 11.8 Å². The van der Waals surface area contributed by atoms with E-state index in [1.54, 1.807) is 0 Å². The van der Waals surface area contributed by atoms with Crippen LogP contribution in [-0.4, -0.2) is 10.7 Å². The molecule has 0 amide bonds. The molecular weight excluding hydrogens is 256 g/mol. The Bertz CT molecular complexity index is 396. The van der Waals surface area contributed by atoms with Gasteiger partial charge in [0.25, 0.3) is 0 Å². The van der Waals surface area contributed by atoms with Crippen LogP contribution in [0.3, 0.4) is 0 Å². The van der Waals surface area contributed by atoms with Crippen molar-refractivity contribution in [1.82, 2.24) is 0 Å². The summed E-state index contributed by atoms with van der Waals surface area (Å²) in [4.78, 5) is 0. The van der Waals surface area contributed by atoms with Gasteiger partial charge in [-0.3, -0.25) is 0 Å². The maximum absolute atomic E-state index is 10.5. The Morgan fingerprint density at radius 3 is 2.38 bits per heavy atom. The van der Waals surface area contributed by atoms with Gasteiger partial charge in [-0.1, -0.05) is 49.3 Å². The van der Waals surface area contributed by atoms with Gasteiger partial charge in [-0.05, 0) is 71.1 Å². The molecule has 1 nitrogen and oxygen atoms in total. The second kappa shape index (κ2) is 8.58. The third-order valence-corrected chi connectivity index (χ3v) is 4.61. The molecule has 0 radical (unpaired) electrons. The van der Waals surface area contributed by atoms with Crippen molar-refractivity contribution < 1.29 is 5.11 Å². The summed E-state index contributed by atoms with van der Waals surface area (Å²) in [5.41, 5.74) is 2.26. The van der Waals surface area contributed by atoms with Crippen molar-refractivity contribution in [1.29, 1.82) is 0 Å². The van der Waals surface area contributed by atoms with Crippen LogP contribution in [-0.2, 0) is 0 Å². The molecule has 0 saturated carbocycles. The number of hydrogen-bond donors (Lipinski definition) is 1. The van der Waals surface area contributed by atoms with Crippen molar-refractivity contribution in [2.75, 3.05) is 0 Å². The van der Waals surface area contributed by atoms with Gasteiger partial charge in [-0.2, -0.15) is 0 Å². The largest absolute Gasteiger partial charge is 0.386 e. The molecule has 0 spiro atoms. The summed E-state index contributed by atoms with van der Waals surface area (Å²) >= 11 is 0. The van der Waals surface area contributed by atoms with Crippen LogP contribution in [0.1, 0.15) is 73.1 Å². The predicted molar refractivity (Wildman–Crippen MR) is 93.3 cm³/mol. The summed E-state index contributed by atoms with van der Waals surface area (Å²) in [7, 11) is 0. The Balaban J connectivity index is 2.87. The Morgan fingerprint density at radius 1 is 1.10 bits per heavy atom.